The number of ether oxygens (including phenoxy) is 1. The molecule has 0 aliphatic heterocycles. The lowest BCUT2D eigenvalue weighted by atomic mass is 9.90. The molecule has 0 spiro atoms. The highest BCUT2D eigenvalue weighted by Gasteiger charge is 2.36. The fraction of sp³-hybridized carbons (Fsp3) is 0.938. The van der Waals surface area contributed by atoms with E-state index < -0.39 is 5.54 Å². The van der Waals surface area contributed by atoms with Crippen molar-refractivity contribution in [3.8, 4) is 0 Å². The Morgan fingerprint density at radius 3 is 2.32 bits per heavy atom. The normalized spacial score (nSPS) is 20.9. The molecule has 1 aliphatic rings. The first kappa shape index (κ1) is 16.5. The van der Waals surface area contributed by atoms with E-state index in [1.54, 1.807) is 0 Å². The fourth-order valence-corrected chi connectivity index (χ4v) is 2.91. The van der Waals surface area contributed by atoms with Gasteiger partial charge in [-0.2, -0.15) is 0 Å². The summed E-state index contributed by atoms with van der Waals surface area (Å²) < 4.78 is 5.02. The van der Waals surface area contributed by atoms with Crippen LogP contribution in [-0.2, 0) is 9.53 Å². The van der Waals surface area contributed by atoms with Crippen molar-refractivity contribution in [2.24, 2.45) is 5.92 Å². The molecule has 0 amide bonds. The number of methoxy groups -OCH3 is 1. The van der Waals surface area contributed by atoms with E-state index in [4.69, 9.17) is 4.74 Å². The van der Waals surface area contributed by atoms with Gasteiger partial charge in [0.2, 0.25) is 0 Å². The van der Waals surface area contributed by atoms with Gasteiger partial charge in [0.1, 0.15) is 5.54 Å². The molecule has 0 bridgehead atoms. The third kappa shape index (κ3) is 5.52. The Balaban J connectivity index is 2.63. The zero-order valence-electron chi connectivity index (χ0n) is 13.1. The van der Waals surface area contributed by atoms with Crippen molar-refractivity contribution in [3.05, 3.63) is 0 Å². The molecule has 0 aromatic heterocycles. The third-order valence-corrected chi connectivity index (χ3v) is 4.24. The molecule has 1 saturated carbocycles. The summed E-state index contributed by atoms with van der Waals surface area (Å²) in [6.45, 7) is 6.40. The van der Waals surface area contributed by atoms with Crippen molar-refractivity contribution in [2.75, 3.05) is 7.11 Å². The minimum atomic E-state index is -0.520. The molecule has 1 atom stereocenters. The number of hydrogen-bond donors (Lipinski definition) is 1. The third-order valence-electron chi connectivity index (χ3n) is 4.24. The van der Waals surface area contributed by atoms with Crippen molar-refractivity contribution in [1.82, 2.24) is 5.32 Å². The quantitative estimate of drug-likeness (QED) is 0.590. The monoisotopic (exact) mass is 269 g/mol. The van der Waals surface area contributed by atoms with Gasteiger partial charge in [0.05, 0.1) is 7.11 Å². The summed E-state index contributed by atoms with van der Waals surface area (Å²) >= 11 is 0. The molecule has 1 unspecified atom stereocenters. The van der Waals surface area contributed by atoms with E-state index in [-0.39, 0.29) is 5.97 Å². The SMILES string of the molecule is COC(=O)C(C)(CCC(C)C)NC1CCCCCC1. The number of hydrogen-bond acceptors (Lipinski definition) is 3. The Bertz CT molecular complexity index is 270. The second-order valence-corrected chi connectivity index (χ2v) is 6.59. The van der Waals surface area contributed by atoms with E-state index >= 15 is 0 Å². The molecular weight excluding hydrogens is 238 g/mol. The van der Waals surface area contributed by atoms with E-state index in [0.29, 0.717) is 12.0 Å². The lowest BCUT2D eigenvalue weighted by Crippen LogP contribution is -2.54. The summed E-state index contributed by atoms with van der Waals surface area (Å²) in [6.07, 6.45) is 9.50. The van der Waals surface area contributed by atoms with Crippen LogP contribution in [0.4, 0.5) is 0 Å². The van der Waals surface area contributed by atoms with E-state index in [1.165, 1.54) is 45.6 Å². The molecule has 1 aliphatic carbocycles. The molecule has 0 radical (unpaired) electrons. The van der Waals surface area contributed by atoms with Gasteiger partial charge in [-0.05, 0) is 38.5 Å². The van der Waals surface area contributed by atoms with Gasteiger partial charge in [0, 0.05) is 6.04 Å². The summed E-state index contributed by atoms with van der Waals surface area (Å²) in [4.78, 5) is 12.1. The van der Waals surface area contributed by atoms with Crippen LogP contribution >= 0.6 is 0 Å². The Morgan fingerprint density at radius 1 is 1.26 bits per heavy atom. The first-order valence-electron chi connectivity index (χ1n) is 7.84. The van der Waals surface area contributed by atoms with Crippen molar-refractivity contribution in [2.45, 2.75) is 83.7 Å². The highest BCUT2D eigenvalue weighted by Crippen LogP contribution is 2.24. The molecule has 0 heterocycles. The van der Waals surface area contributed by atoms with Crippen LogP contribution in [0.15, 0.2) is 0 Å². The molecule has 0 saturated heterocycles. The van der Waals surface area contributed by atoms with E-state index in [9.17, 15) is 4.79 Å². The minimum Gasteiger partial charge on any atom is -0.468 e. The molecule has 1 rings (SSSR count). The largest absolute Gasteiger partial charge is 0.468 e. The number of carbonyl (C=O) groups excluding carboxylic acids is 1. The maximum absolute atomic E-state index is 12.1. The first-order chi connectivity index (χ1) is 8.98. The fourth-order valence-electron chi connectivity index (χ4n) is 2.91. The Kier molecular flexibility index (Phi) is 6.84. The van der Waals surface area contributed by atoms with Gasteiger partial charge in [-0.3, -0.25) is 10.1 Å². The van der Waals surface area contributed by atoms with Gasteiger partial charge in [-0.25, -0.2) is 0 Å². The molecule has 1 fully saturated rings. The zero-order chi connectivity index (χ0) is 14.3. The standard InChI is InChI=1S/C16H31NO2/c1-13(2)11-12-16(3,15(18)19-4)17-14-9-7-5-6-8-10-14/h13-14,17H,5-12H2,1-4H3. The highest BCUT2D eigenvalue weighted by atomic mass is 16.5. The second-order valence-electron chi connectivity index (χ2n) is 6.59. The molecule has 0 aromatic carbocycles. The molecule has 1 N–H and O–H groups in total. The second kappa shape index (κ2) is 7.88. The van der Waals surface area contributed by atoms with E-state index in [1.807, 2.05) is 6.92 Å². The number of esters is 1. The van der Waals surface area contributed by atoms with Gasteiger partial charge >= 0.3 is 5.97 Å². The van der Waals surface area contributed by atoms with Crippen LogP contribution in [-0.4, -0.2) is 24.7 Å². The summed E-state index contributed by atoms with van der Waals surface area (Å²) in [6, 6.07) is 0.471. The average molecular weight is 269 g/mol. The molecule has 112 valence electrons. The maximum Gasteiger partial charge on any atom is 0.325 e. The van der Waals surface area contributed by atoms with E-state index in [2.05, 4.69) is 19.2 Å². The predicted molar refractivity (Wildman–Crippen MR) is 79.1 cm³/mol. The van der Waals surface area contributed by atoms with Crippen molar-refractivity contribution in [1.29, 1.82) is 0 Å². The Morgan fingerprint density at radius 2 is 1.84 bits per heavy atom. The smallest absolute Gasteiger partial charge is 0.325 e. The number of nitrogens with one attached hydrogen (secondary N) is 1. The molecule has 3 nitrogen and oxygen atoms in total. The summed E-state index contributed by atoms with van der Waals surface area (Å²) in [7, 11) is 1.49. The van der Waals surface area contributed by atoms with Gasteiger partial charge in [0.15, 0.2) is 0 Å². The topological polar surface area (TPSA) is 38.3 Å². The summed E-state index contributed by atoms with van der Waals surface area (Å²) in [5, 5.41) is 3.60. The lowest BCUT2D eigenvalue weighted by Gasteiger charge is -2.33. The van der Waals surface area contributed by atoms with Gasteiger partial charge < -0.3 is 4.74 Å². The van der Waals surface area contributed by atoms with Crippen LogP contribution in [0.3, 0.4) is 0 Å². The first-order valence-corrected chi connectivity index (χ1v) is 7.84. The number of rotatable bonds is 6. The van der Waals surface area contributed by atoms with Crippen molar-refractivity contribution >= 4 is 5.97 Å². The van der Waals surface area contributed by atoms with Crippen LogP contribution in [0.1, 0.15) is 72.1 Å². The van der Waals surface area contributed by atoms with Gasteiger partial charge in [-0.15, -0.1) is 0 Å². The maximum atomic E-state index is 12.1. The molecule has 3 heteroatoms. The van der Waals surface area contributed by atoms with Crippen LogP contribution in [0, 0.1) is 5.92 Å². The molecular formula is C16H31NO2. The van der Waals surface area contributed by atoms with Crippen molar-refractivity contribution < 1.29 is 9.53 Å². The van der Waals surface area contributed by atoms with Gasteiger partial charge in [-0.1, -0.05) is 39.5 Å². The van der Waals surface area contributed by atoms with Crippen LogP contribution < -0.4 is 5.32 Å². The average Bonchev–Trinajstić information content (AvgIpc) is 2.64. The molecule has 0 aromatic rings. The van der Waals surface area contributed by atoms with E-state index in [0.717, 1.165) is 12.8 Å². The van der Waals surface area contributed by atoms with Crippen LogP contribution in [0.2, 0.25) is 0 Å². The lowest BCUT2D eigenvalue weighted by molar-refractivity contribution is -0.148. The molecule has 19 heavy (non-hydrogen) atoms. The summed E-state index contributed by atoms with van der Waals surface area (Å²) in [5.41, 5.74) is -0.520. The van der Waals surface area contributed by atoms with Gasteiger partial charge in [0.25, 0.3) is 0 Å². The number of carbonyl (C=O) groups is 1. The Labute approximate surface area is 118 Å². The zero-order valence-corrected chi connectivity index (χ0v) is 13.1. The van der Waals surface area contributed by atoms with Crippen LogP contribution in [0.5, 0.6) is 0 Å². The van der Waals surface area contributed by atoms with Crippen molar-refractivity contribution in [3.63, 3.8) is 0 Å². The Hall–Kier alpha value is -0.570. The highest BCUT2D eigenvalue weighted by molar-refractivity contribution is 5.80. The minimum absolute atomic E-state index is 0.114. The van der Waals surface area contributed by atoms with Crippen LogP contribution in [0.25, 0.3) is 0 Å². The predicted octanol–water partition coefficient (Wildman–Crippen LogP) is 3.67. The summed E-state index contributed by atoms with van der Waals surface area (Å²) in [5.74, 6) is 0.498.